The van der Waals surface area contributed by atoms with E-state index in [9.17, 15) is 9.00 Å². The normalized spacial score (nSPS) is 23.1. The van der Waals surface area contributed by atoms with Crippen molar-refractivity contribution >= 4 is 29.1 Å². The highest BCUT2D eigenvalue weighted by Gasteiger charge is 2.26. The van der Waals surface area contributed by atoms with Crippen molar-refractivity contribution < 1.29 is 9.00 Å². The number of halogens is 1. The number of carbonyl (C=O) groups excluding carboxylic acids is 1. The van der Waals surface area contributed by atoms with Crippen LogP contribution in [0.3, 0.4) is 0 Å². The number of unbranched alkanes of at least 4 members (excludes halogenated alkanes) is 3. The van der Waals surface area contributed by atoms with Crippen molar-refractivity contribution in [3.63, 3.8) is 0 Å². The zero-order valence-electron chi connectivity index (χ0n) is 13.1. The highest BCUT2D eigenvalue weighted by atomic mass is 35.5. The Morgan fingerprint density at radius 1 is 1.24 bits per heavy atom. The minimum Gasteiger partial charge on any atom is -0.353 e. The molecule has 1 fully saturated rings. The number of hydrogen-bond acceptors (Lipinski definition) is 3. The molecule has 3 N–H and O–H groups in total. The molecule has 0 aliphatic heterocycles. The lowest BCUT2D eigenvalue weighted by Gasteiger charge is -2.29. The molecule has 3 unspecified atom stereocenters. The number of carbonyl (C=O) groups is 1. The minimum atomic E-state index is -0.721. The molecule has 0 aromatic heterocycles. The van der Waals surface area contributed by atoms with E-state index in [2.05, 4.69) is 5.32 Å². The molecule has 0 heterocycles. The van der Waals surface area contributed by atoms with Gasteiger partial charge in [-0.3, -0.25) is 9.00 Å². The van der Waals surface area contributed by atoms with Crippen LogP contribution in [0.1, 0.15) is 64.7 Å². The van der Waals surface area contributed by atoms with Crippen LogP contribution in [0, 0.1) is 0 Å². The zero-order valence-corrected chi connectivity index (χ0v) is 14.8. The monoisotopic (exact) mass is 338 g/mol. The van der Waals surface area contributed by atoms with E-state index in [-0.39, 0.29) is 29.6 Å². The first-order valence-electron chi connectivity index (χ1n) is 8.04. The van der Waals surface area contributed by atoms with E-state index in [0.717, 1.165) is 63.7 Å². The van der Waals surface area contributed by atoms with Gasteiger partial charge in [0.2, 0.25) is 5.91 Å². The Kier molecular flexibility index (Phi) is 12.3. The SMILES string of the molecule is CCS(=O)C1CCCC(NC(=O)CCCCCCN)C1.Cl. The summed E-state index contributed by atoms with van der Waals surface area (Å²) in [5.41, 5.74) is 5.44. The van der Waals surface area contributed by atoms with E-state index in [1.165, 1.54) is 0 Å². The van der Waals surface area contributed by atoms with E-state index < -0.39 is 10.8 Å². The summed E-state index contributed by atoms with van der Waals surface area (Å²) in [5.74, 6) is 0.887. The molecule has 4 nitrogen and oxygen atoms in total. The molecule has 0 saturated heterocycles. The first-order chi connectivity index (χ1) is 9.67. The van der Waals surface area contributed by atoms with Gasteiger partial charge in [-0.15, -0.1) is 12.4 Å². The van der Waals surface area contributed by atoms with E-state index in [1.807, 2.05) is 6.92 Å². The molecule has 1 aliphatic rings. The van der Waals surface area contributed by atoms with Gasteiger partial charge in [0.25, 0.3) is 0 Å². The van der Waals surface area contributed by atoms with Gasteiger partial charge in [-0.2, -0.15) is 0 Å². The second-order valence-corrected chi connectivity index (χ2v) is 7.68. The summed E-state index contributed by atoms with van der Waals surface area (Å²) in [6, 6.07) is 0.237. The zero-order chi connectivity index (χ0) is 14.8. The van der Waals surface area contributed by atoms with Crippen molar-refractivity contribution in [2.75, 3.05) is 12.3 Å². The van der Waals surface area contributed by atoms with Gasteiger partial charge in [0, 0.05) is 34.3 Å². The second kappa shape index (κ2) is 12.4. The summed E-state index contributed by atoms with van der Waals surface area (Å²) in [4.78, 5) is 11.9. The first kappa shape index (κ1) is 20.9. The third kappa shape index (κ3) is 8.79. The van der Waals surface area contributed by atoms with Gasteiger partial charge in [-0.1, -0.05) is 26.2 Å². The molecular formula is C15H31ClN2O2S. The van der Waals surface area contributed by atoms with Crippen LogP contribution in [0.4, 0.5) is 0 Å². The van der Waals surface area contributed by atoms with E-state index in [1.54, 1.807) is 0 Å². The van der Waals surface area contributed by atoms with Gasteiger partial charge < -0.3 is 11.1 Å². The highest BCUT2D eigenvalue weighted by Crippen LogP contribution is 2.23. The maximum absolute atomic E-state index is 11.9. The molecule has 126 valence electrons. The molecule has 1 amide bonds. The van der Waals surface area contributed by atoms with Gasteiger partial charge in [0.15, 0.2) is 0 Å². The molecular weight excluding hydrogens is 308 g/mol. The number of hydrogen-bond donors (Lipinski definition) is 2. The molecule has 0 radical (unpaired) electrons. The minimum absolute atomic E-state index is 0. The van der Waals surface area contributed by atoms with Crippen LogP contribution in [0.2, 0.25) is 0 Å². The Labute approximate surface area is 137 Å². The lowest BCUT2D eigenvalue weighted by atomic mass is 9.95. The van der Waals surface area contributed by atoms with Gasteiger partial charge in [-0.05, 0) is 38.6 Å². The molecule has 6 heteroatoms. The number of nitrogens with two attached hydrogens (primary N) is 1. The van der Waals surface area contributed by atoms with Gasteiger partial charge in [0.1, 0.15) is 0 Å². The first-order valence-corrected chi connectivity index (χ1v) is 9.42. The summed E-state index contributed by atoms with van der Waals surface area (Å²) in [7, 11) is -0.721. The molecule has 0 bridgehead atoms. The maximum atomic E-state index is 11.9. The maximum Gasteiger partial charge on any atom is 0.220 e. The van der Waals surface area contributed by atoms with Crippen LogP contribution >= 0.6 is 12.4 Å². The van der Waals surface area contributed by atoms with E-state index in [0.29, 0.717) is 6.42 Å². The van der Waals surface area contributed by atoms with Crippen molar-refractivity contribution in [3.05, 3.63) is 0 Å². The largest absolute Gasteiger partial charge is 0.353 e. The fourth-order valence-corrected chi connectivity index (χ4v) is 4.18. The fourth-order valence-electron chi connectivity index (χ4n) is 2.83. The van der Waals surface area contributed by atoms with Crippen LogP contribution in [0.15, 0.2) is 0 Å². The van der Waals surface area contributed by atoms with Crippen LogP contribution in [0.5, 0.6) is 0 Å². The standard InChI is InChI=1S/C15H30N2O2S.ClH/c1-2-20(19)14-9-7-8-13(12-14)17-15(18)10-5-3-4-6-11-16;/h13-14H,2-12,16H2,1H3,(H,17,18);1H. The van der Waals surface area contributed by atoms with Crippen LogP contribution in [-0.2, 0) is 15.6 Å². The Hall–Kier alpha value is -0.130. The van der Waals surface area contributed by atoms with E-state index >= 15 is 0 Å². The molecule has 1 aliphatic carbocycles. The molecule has 21 heavy (non-hydrogen) atoms. The molecule has 0 aromatic rings. The van der Waals surface area contributed by atoms with Crippen molar-refractivity contribution in [2.45, 2.75) is 76.0 Å². The summed E-state index contributed by atoms with van der Waals surface area (Å²) in [6.45, 7) is 2.71. The fraction of sp³-hybridized carbons (Fsp3) is 0.933. The topological polar surface area (TPSA) is 72.2 Å². The Balaban J connectivity index is 0.00000400. The molecule has 1 rings (SSSR count). The number of rotatable bonds is 9. The summed E-state index contributed by atoms with van der Waals surface area (Å²) < 4.78 is 11.9. The Morgan fingerprint density at radius 2 is 1.95 bits per heavy atom. The quantitative estimate of drug-likeness (QED) is 0.634. The van der Waals surface area contributed by atoms with Crippen molar-refractivity contribution in [1.82, 2.24) is 5.32 Å². The predicted molar refractivity (Wildman–Crippen MR) is 92.3 cm³/mol. The average Bonchev–Trinajstić information content (AvgIpc) is 2.46. The van der Waals surface area contributed by atoms with Gasteiger partial charge in [0.05, 0.1) is 0 Å². The summed E-state index contributed by atoms with van der Waals surface area (Å²) in [6.07, 6.45) is 8.86. The summed E-state index contributed by atoms with van der Waals surface area (Å²) in [5, 5.41) is 3.40. The van der Waals surface area contributed by atoms with E-state index in [4.69, 9.17) is 5.73 Å². The molecule has 1 saturated carbocycles. The lowest BCUT2D eigenvalue weighted by molar-refractivity contribution is -0.122. The number of amides is 1. The van der Waals surface area contributed by atoms with Gasteiger partial charge in [-0.25, -0.2) is 0 Å². The van der Waals surface area contributed by atoms with Gasteiger partial charge >= 0.3 is 0 Å². The smallest absolute Gasteiger partial charge is 0.220 e. The Bertz CT molecular complexity index is 316. The molecule has 0 aromatic carbocycles. The van der Waals surface area contributed by atoms with Crippen molar-refractivity contribution in [3.8, 4) is 0 Å². The third-order valence-corrected chi connectivity index (χ3v) is 5.75. The number of nitrogens with one attached hydrogen (secondary N) is 1. The average molecular weight is 339 g/mol. The Morgan fingerprint density at radius 3 is 2.62 bits per heavy atom. The van der Waals surface area contributed by atoms with Crippen molar-refractivity contribution in [2.24, 2.45) is 5.73 Å². The van der Waals surface area contributed by atoms with Crippen LogP contribution < -0.4 is 11.1 Å². The van der Waals surface area contributed by atoms with Crippen LogP contribution in [-0.4, -0.2) is 33.7 Å². The van der Waals surface area contributed by atoms with Crippen LogP contribution in [0.25, 0.3) is 0 Å². The van der Waals surface area contributed by atoms with Crippen molar-refractivity contribution in [1.29, 1.82) is 0 Å². The predicted octanol–water partition coefficient (Wildman–Crippen LogP) is 2.51. The summed E-state index contributed by atoms with van der Waals surface area (Å²) >= 11 is 0. The molecule has 0 spiro atoms. The lowest BCUT2D eigenvalue weighted by Crippen LogP contribution is -2.41. The second-order valence-electron chi connectivity index (χ2n) is 5.68. The third-order valence-electron chi connectivity index (χ3n) is 4.01. The highest BCUT2D eigenvalue weighted by molar-refractivity contribution is 7.85. The molecule has 3 atom stereocenters.